The van der Waals surface area contributed by atoms with Gasteiger partial charge in [0, 0.05) is 6.07 Å². The molecule has 20 heavy (non-hydrogen) atoms. The first kappa shape index (κ1) is 16.3. The van der Waals surface area contributed by atoms with Gasteiger partial charge in [-0.3, -0.25) is 10.1 Å². The van der Waals surface area contributed by atoms with Gasteiger partial charge in [-0.25, -0.2) is 22.0 Å². The van der Waals surface area contributed by atoms with Crippen LogP contribution in [0.25, 0.3) is 0 Å². The Morgan fingerprint density at radius 2 is 1.80 bits per heavy atom. The molecule has 0 amide bonds. The number of nitrogens with two attached hydrogens (primary N) is 1. The molecule has 1 rings (SSSR count). The van der Waals surface area contributed by atoms with Crippen LogP contribution < -0.4 is 9.88 Å². The molecular weight excluding hydrogens is 312 g/mol. The van der Waals surface area contributed by atoms with Crippen LogP contribution in [-0.4, -0.2) is 40.4 Å². The highest BCUT2D eigenvalue weighted by Gasteiger charge is 2.22. The van der Waals surface area contributed by atoms with Crippen molar-refractivity contribution in [1.82, 2.24) is 0 Å². The van der Waals surface area contributed by atoms with Crippen molar-refractivity contribution in [2.75, 3.05) is 18.6 Å². The maximum absolute atomic E-state index is 11.9. The number of methoxy groups -OCH3 is 1. The summed E-state index contributed by atoms with van der Waals surface area (Å²) in [5, 5.41) is 15.4. The minimum absolute atomic E-state index is 0.0200. The summed E-state index contributed by atoms with van der Waals surface area (Å²) in [6.45, 7) is 0. The minimum atomic E-state index is -4.03. The number of nitrogens with zero attached hydrogens (tertiary/aromatic N) is 1. The lowest BCUT2D eigenvalue weighted by Gasteiger charge is -2.06. The lowest BCUT2D eigenvalue weighted by Crippen LogP contribution is -2.23. The molecule has 0 saturated heterocycles. The van der Waals surface area contributed by atoms with Crippen LogP contribution in [0.1, 0.15) is 0 Å². The number of hydrogen-bond acceptors (Lipinski definition) is 7. The number of primary sulfonamides is 1. The molecule has 0 aliphatic heterocycles. The molecule has 0 aliphatic rings. The normalized spacial score (nSPS) is 12.1. The second-order valence-corrected chi connectivity index (χ2v) is 7.65. The van der Waals surface area contributed by atoms with Crippen LogP contribution in [0.4, 0.5) is 5.69 Å². The van der Waals surface area contributed by atoms with Gasteiger partial charge in [0.1, 0.15) is 5.75 Å². The molecule has 2 N–H and O–H groups in total. The summed E-state index contributed by atoms with van der Waals surface area (Å²) in [4.78, 5) is 9.53. The molecule has 0 saturated carbocycles. The number of nitro groups is 1. The molecule has 0 unspecified atom stereocenters. The van der Waals surface area contributed by atoms with Gasteiger partial charge in [0.05, 0.1) is 34.5 Å². The van der Waals surface area contributed by atoms with Crippen molar-refractivity contribution in [2.45, 2.75) is 4.90 Å². The molecule has 0 spiro atoms. The van der Waals surface area contributed by atoms with E-state index in [-0.39, 0.29) is 5.75 Å². The second kappa shape index (κ2) is 5.73. The first-order valence-electron chi connectivity index (χ1n) is 5.12. The molecule has 0 fully saturated rings. The molecule has 1 aromatic rings. The number of hydrogen-bond donors (Lipinski definition) is 1. The van der Waals surface area contributed by atoms with E-state index in [2.05, 4.69) is 0 Å². The molecule has 0 atom stereocenters. The monoisotopic (exact) mass is 324 g/mol. The quantitative estimate of drug-likeness (QED) is 0.556. The molecule has 0 aliphatic carbocycles. The van der Waals surface area contributed by atoms with Crippen molar-refractivity contribution < 1.29 is 26.5 Å². The third-order valence-electron chi connectivity index (χ3n) is 2.31. The zero-order valence-corrected chi connectivity index (χ0v) is 12.0. The van der Waals surface area contributed by atoms with E-state index >= 15 is 0 Å². The number of rotatable bonds is 6. The standard InChI is InChI=1S/C9H12N2O7S2/c1-18-8-4-7(11(12)13)5-9(6-8)19(14,15)2-3-20(10,16)17/h4-6H,2-3H2,1H3,(H2,10,16,17). The van der Waals surface area contributed by atoms with E-state index in [0.29, 0.717) is 0 Å². The Bertz CT molecular complexity index is 725. The highest BCUT2D eigenvalue weighted by Crippen LogP contribution is 2.26. The Morgan fingerprint density at radius 3 is 2.25 bits per heavy atom. The fraction of sp³-hybridized carbons (Fsp3) is 0.333. The van der Waals surface area contributed by atoms with Crippen LogP contribution in [-0.2, 0) is 19.9 Å². The lowest BCUT2D eigenvalue weighted by molar-refractivity contribution is -0.385. The van der Waals surface area contributed by atoms with Gasteiger partial charge in [0.2, 0.25) is 10.0 Å². The average Bonchev–Trinajstić information content (AvgIpc) is 2.35. The Balaban J connectivity index is 3.24. The highest BCUT2D eigenvalue weighted by molar-refractivity contribution is 7.94. The predicted octanol–water partition coefficient (Wildman–Crippen LogP) is -0.334. The van der Waals surface area contributed by atoms with Crippen LogP contribution in [0.5, 0.6) is 5.75 Å². The Hall–Kier alpha value is -1.72. The van der Waals surface area contributed by atoms with Crippen molar-refractivity contribution in [3.63, 3.8) is 0 Å². The van der Waals surface area contributed by atoms with Gasteiger partial charge in [-0.05, 0) is 6.07 Å². The van der Waals surface area contributed by atoms with E-state index in [9.17, 15) is 26.9 Å². The van der Waals surface area contributed by atoms with Crippen LogP contribution in [0.15, 0.2) is 23.1 Å². The fourth-order valence-corrected chi connectivity index (χ4v) is 3.94. The van der Waals surface area contributed by atoms with Crippen molar-refractivity contribution in [1.29, 1.82) is 0 Å². The molecule has 0 bridgehead atoms. The molecular formula is C9H12N2O7S2. The molecule has 11 heteroatoms. The molecule has 0 aromatic heterocycles. The van der Waals surface area contributed by atoms with Crippen molar-refractivity contribution in [3.8, 4) is 5.75 Å². The van der Waals surface area contributed by atoms with E-state index < -0.39 is 46.9 Å². The summed E-state index contributed by atoms with van der Waals surface area (Å²) in [5.74, 6) is -1.57. The molecule has 0 heterocycles. The zero-order valence-electron chi connectivity index (χ0n) is 10.3. The third-order valence-corrected chi connectivity index (χ3v) is 5.03. The van der Waals surface area contributed by atoms with Gasteiger partial charge in [-0.1, -0.05) is 0 Å². The minimum Gasteiger partial charge on any atom is -0.496 e. The number of sulfone groups is 1. The maximum atomic E-state index is 11.9. The fourth-order valence-electron chi connectivity index (χ4n) is 1.30. The van der Waals surface area contributed by atoms with Gasteiger partial charge in [0.15, 0.2) is 9.84 Å². The number of ether oxygens (including phenoxy) is 1. The van der Waals surface area contributed by atoms with E-state index in [1.165, 1.54) is 7.11 Å². The van der Waals surface area contributed by atoms with Crippen molar-refractivity contribution in [2.24, 2.45) is 5.14 Å². The number of non-ortho nitro benzene ring substituents is 1. The summed E-state index contributed by atoms with van der Waals surface area (Å²) in [6.07, 6.45) is 0. The lowest BCUT2D eigenvalue weighted by atomic mass is 10.3. The largest absolute Gasteiger partial charge is 0.496 e. The van der Waals surface area contributed by atoms with E-state index in [1.807, 2.05) is 0 Å². The zero-order chi connectivity index (χ0) is 15.6. The first-order valence-corrected chi connectivity index (χ1v) is 8.48. The van der Waals surface area contributed by atoms with Crippen LogP contribution in [0.3, 0.4) is 0 Å². The summed E-state index contributed by atoms with van der Waals surface area (Å²) < 4.78 is 50.2. The van der Waals surface area contributed by atoms with Gasteiger partial charge in [-0.2, -0.15) is 0 Å². The van der Waals surface area contributed by atoms with Gasteiger partial charge in [0.25, 0.3) is 5.69 Å². The summed E-state index contributed by atoms with van der Waals surface area (Å²) in [5.41, 5.74) is -0.474. The smallest absolute Gasteiger partial charge is 0.274 e. The SMILES string of the molecule is COc1cc([N+](=O)[O-])cc(S(=O)(=O)CCS(N)(=O)=O)c1. The van der Waals surface area contributed by atoms with Crippen molar-refractivity contribution in [3.05, 3.63) is 28.3 Å². The number of benzene rings is 1. The highest BCUT2D eigenvalue weighted by atomic mass is 32.2. The van der Waals surface area contributed by atoms with Crippen LogP contribution >= 0.6 is 0 Å². The maximum Gasteiger partial charge on any atom is 0.274 e. The average molecular weight is 324 g/mol. The Labute approximate surface area is 115 Å². The Kier molecular flexibility index (Phi) is 4.68. The molecule has 1 aromatic carbocycles. The Morgan fingerprint density at radius 1 is 1.20 bits per heavy atom. The van der Waals surface area contributed by atoms with Crippen LogP contribution in [0, 0.1) is 10.1 Å². The van der Waals surface area contributed by atoms with E-state index in [0.717, 1.165) is 18.2 Å². The van der Waals surface area contributed by atoms with Crippen molar-refractivity contribution >= 4 is 25.5 Å². The van der Waals surface area contributed by atoms with E-state index in [4.69, 9.17) is 9.88 Å². The topological polar surface area (TPSA) is 147 Å². The van der Waals surface area contributed by atoms with Gasteiger partial charge < -0.3 is 4.74 Å². The van der Waals surface area contributed by atoms with Crippen LogP contribution in [0.2, 0.25) is 0 Å². The predicted molar refractivity (Wildman–Crippen MR) is 69.7 cm³/mol. The van der Waals surface area contributed by atoms with E-state index in [1.54, 1.807) is 0 Å². The second-order valence-electron chi connectivity index (χ2n) is 3.81. The number of sulfonamides is 1. The summed E-state index contributed by atoms with van der Waals surface area (Å²) in [6, 6.07) is 2.96. The number of nitro benzene ring substituents is 1. The molecule has 9 nitrogen and oxygen atoms in total. The molecule has 0 radical (unpaired) electrons. The summed E-state index contributed by atoms with van der Waals surface area (Å²) in [7, 11) is -6.76. The molecule has 112 valence electrons. The third kappa shape index (κ3) is 4.43. The van der Waals surface area contributed by atoms with Gasteiger partial charge >= 0.3 is 0 Å². The summed E-state index contributed by atoms with van der Waals surface area (Å²) >= 11 is 0. The van der Waals surface area contributed by atoms with Gasteiger partial charge in [-0.15, -0.1) is 0 Å². The first-order chi connectivity index (χ1) is 9.05.